The standard InChI is InChI=1S/C17H4F10N2O2.Zn/c18-4-1-3(2-5(19)7(4)20)15(30)6-13(16(26)27)28-29(17(6)31)14-11(24)9(22)8(21)10(23)12(14)25;/h1-2,16,31H;. The molecule has 0 aliphatic heterocycles. The molecule has 1 aromatic heterocycles. The maximum Gasteiger partial charge on any atom is 0.283 e. The second kappa shape index (κ2) is 8.89. The molecule has 2 aromatic carbocycles. The van der Waals surface area contributed by atoms with Gasteiger partial charge in [0.1, 0.15) is 16.9 Å². The van der Waals surface area contributed by atoms with Crippen LogP contribution >= 0.6 is 0 Å². The van der Waals surface area contributed by atoms with Crippen molar-refractivity contribution in [2.75, 3.05) is 0 Å². The number of alkyl halides is 2. The zero-order valence-electron chi connectivity index (χ0n) is 15.0. The zero-order valence-corrected chi connectivity index (χ0v) is 17.9. The summed E-state index contributed by atoms with van der Waals surface area (Å²) in [6.07, 6.45) is -3.78. The molecule has 0 amide bonds. The van der Waals surface area contributed by atoms with Gasteiger partial charge in [0, 0.05) is 25.0 Å². The number of nitrogens with zero attached hydrogens (tertiary/aromatic N) is 2. The summed E-state index contributed by atoms with van der Waals surface area (Å²) in [5, 5.41) is 12.9. The molecule has 0 atom stereocenters. The number of carbonyl (C=O) groups excluding carboxylic acids is 1. The van der Waals surface area contributed by atoms with Crippen LogP contribution in [-0.2, 0) is 19.5 Å². The third-order valence-electron chi connectivity index (χ3n) is 3.97. The Hall–Kier alpha value is -2.96. The quantitative estimate of drug-likeness (QED) is 0.175. The van der Waals surface area contributed by atoms with Gasteiger partial charge >= 0.3 is 0 Å². The molecule has 0 fully saturated rings. The van der Waals surface area contributed by atoms with E-state index in [4.69, 9.17) is 0 Å². The van der Waals surface area contributed by atoms with Crippen molar-refractivity contribution in [1.82, 2.24) is 9.78 Å². The van der Waals surface area contributed by atoms with E-state index in [-0.39, 0.29) is 31.6 Å². The Bertz CT molecular complexity index is 1190. The number of aromatic hydroxyl groups is 1. The molecule has 0 saturated heterocycles. The molecule has 3 aromatic rings. The van der Waals surface area contributed by atoms with Gasteiger partial charge in [-0.25, -0.2) is 43.9 Å². The summed E-state index contributed by atoms with van der Waals surface area (Å²) >= 11 is 0. The second-order valence-corrected chi connectivity index (χ2v) is 5.80. The number of hydrogen-bond donors (Lipinski definition) is 1. The van der Waals surface area contributed by atoms with Gasteiger partial charge in [0.2, 0.25) is 17.5 Å². The van der Waals surface area contributed by atoms with E-state index in [1.165, 1.54) is 0 Å². The topological polar surface area (TPSA) is 55.1 Å². The maximum absolute atomic E-state index is 14.0. The van der Waals surface area contributed by atoms with E-state index in [1.807, 2.05) is 0 Å². The molecular formula is C17H4F10N2O2Zn. The van der Waals surface area contributed by atoms with E-state index in [1.54, 1.807) is 0 Å². The molecule has 0 unspecified atom stereocenters. The minimum Gasteiger partial charge on any atom is -0.493 e. The largest absolute Gasteiger partial charge is 0.493 e. The summed E-state index contributed by atoms with van der Waals surface area (Å²) in [5.41, 5.74) is -6.45. The Balaban J connectivity index is 0.00000363. The third-order valence-corrected chi connectivity index (χ3v) is 3.97. The first kappa shape index (κ1) is 25.3. The van der Waals surface area contributed by atoms with Gasteiger partial charge < -0.3 is 5.11 Å². The summed E-state index contributed by atoms with van der Waals surface area (Å²) in [5.74, 6) is -22.3. The summed E-state index contributed by atoms with van der Waals surface area (Å²) < 4.78 is 134. The molecule has 32 heavy (non-hydrogen) atoms. The summed E-state index contributed by atoms with van der Waals surface area (Å²) in [6.45, 7) is 0. The Morgan fingerprint density at radius 3 is 1.69 bits per heavy atom. The van der Waals surface area contributed by atoms with Crippen molar-refractivity contribution in [2.45, 2.75) is 6.43 Å². The molecular weight excluding hydrogens is 520 g/mol. The van der Waals surface area contributed by atoms with Gasteiger partial charge in [0.25, 0.3) is 6.43 Å². The van der Waals surface area contributed by atoms with Crippen molar-refractivity contribution in [3.63, 3.8) is 0 Å². The number of benzene rings is 2. The molecule has 1 heterocycles. The van der Waals surface area contributed by atoms with E-state index in [0.717, 1.165) is 0 Å². The van der Waals surface area contributed by atoms with Crippen LogP contribution in [0.1, 0.15) is 28.0 Å². The Morgan fingerprint density at radius 2 is 1.25 bits per heavy atom. The minimum atomic E-state index is -3.78. The fourth-order valence-corrected chi connectivity index (χ4v) is 2.56. The summed E-state index contributed by atoms with van der Waals surface area (Å²) in [4.78, 5) is 12.4. The first-order chi connectivity index (χ1) is 14.4. The van der Waals surface area contributed by atoms with Crippen LogP contribution in [0.2, 0.25) is 0 Å². The first-order valence-corrected chi connectivity index (χ1v) is 7.69. The molecule has 0 saturated carbocycles. The molecule has 1 N–H and O–H groups in total. The minimum absolute atomic E-state index is 0. The van der Waals surface area contributed by atoms with Gasteiger partial charge in [-0.3, -0.25) is 4.79 Å². The van der Waals surface area contributed by atoms with E-state index >= 15 is 0 Å². The van der Waals surface area contributed by atoms with Crippen molar-refractivity contribution >= 4 is 5.78 Å². The molecule has 0 radical (unpaired) electrons. The van der Waals surface area contributed by atoms with Gasteiger partial charge in [0.15, 0.2) is 40.7 Å². The van der Waals surface area contributed by atoms with Crippen LogP contribution < -0.4 is 0 Å². The van der Waals surface area contributed by atoms with Crippen LogP contribution in [0.15, 0.2) is 12.1 Å². The van der Waals surface area contributed by atoms with Crippen LogP contribution in [0, 0.1) is 46.5 Å². The van der Waals surface area contributed by atoms with E-state index in [0.29, 0.717) is 0 Å². The third kappa shape index (κ3) is 3.85. The second-order valence-electron chi connectivity index (χ2n) is 5.80. The summed E-state index contributed by atoms with van der Waals surface area (Å²) in [6, 6.07) is 0.121. The van der Waals surface area contributed by atoms with Gasteiger partial charge in [-0.2, -0.15) is 9.78 Å². The van der Waals surface area contributed by atoms with Gasteiger partial charge in [0.05, 0.1) is 0 Å². The number of hydrogen-bond acceptors (Lipinski definition) is 3. The Morgan fingerprint density at radius 1 is 0.812 bits per heavy atom. The van der Waals surface area contributed by atoms with Crippen molar-refractivity contribution in [1.29, 1.82) is 0 Å². The van der Waals surface area contributed by atoms with Crippen molar-refractivity contribution in [3.8, 4) is 11.6 Å². The first-order valence-electron chi connectivity index (χ1n) is 7.69. The SMILES string of the molecule is O=C(c1cc(F)c(F)c(F)c1)c1c(C(F)F)nn(-c2c(F)c(F)c(F)c(F)c2F)c1O.[Zn]. The average molecular weight is 524 g/mol. The molecule has 0 aliphatic carbocycles. The molecule has 3 rings (SSSR count). The monoisotopic (exact) mass is 522 g/mol. The van der Waals surface area contributed by atoms with E-state index in [2.05, 4.69) is 5.10 Å². The van der Waals surface area contributed by atoms with E-state index in [9.17, 15) is 53.8 Å². The molecule has 0 bridgehead atoms. The average Bonchev–Trinajstić information content (AvgIpc) is 3.05. The summed E-state index contributed by atoms with van der Waals surface area (Å²) in [7, 11) is 0. The molecule has 4 nitrogen and oxygen atoms in total. The fraction of sp³-hybridized carbons (Fsp3) is 0.0588. The van der Waals surface area contributed by atoms with Gasteiger partial charge in [-0.15, -0.1) is 0 Å². The maximum atomic E-state index is 14.0. The predicted molar refractivity (Wildman–Crippen MR) is 79.7 cm³/mol. The normalized spacial score (nSPS) is 11.1. The van der Waals surface area contributed by atoms with Crippen LogP contribution in [0.3, 0.4) is 0 Å². The molecule has 166 valence electrons. The fourth-order valence-electron chi connectivity index (χ4n) is 2.56. The van der Waals surface area contributed by atoms with Crippen LogP contribution in [0.5, 0.6) is 5.88 Å². The van der Waals surface area contributed by atoms with E-state index < -0.39 is 91.8 Å². The van der Waals surface area contributed by atoms with Gasteiger partial charge in [-0.1, -0.05) is 0 Å². The Kier molecular flexibility index (Phi) is 7.03. The van der Waals surface area contributed by atoms with Crippen LogP contribution in [0.4, 0.5) is 43.9 Å². The molecule has 15 heteroatoms. The number of halogens is 10. The van der Waals surface area contributed by atoms with Crippen LogP contribution in [-0.4, -0.2) is 20.7 Å². The van der Waals surface area contributed by atoms with Crippen molar-refractivity contribution < 1.29 is 73.3 Å². The number of aromatic nitrogens is 2. The van der Waals surface area contributed by atoms with Gasteiger partial charge in [-0.05, 0) is 12.1 Å². The molecule has 0 spiro atoms. The Labute approximate surface area is 182 Å². The zero-order chi connectivity index (χ0) is 23.4. The smallest absolute Gasteiger partial charge is 0.283 e. The number of carbonyl (C=O) groups is 1. The van der Waals surface area contributed by atoms with Crippen molar-refractivity contribution in [2.24, 2.45) is 0 Å². The van der Waals surface area contributed by atoms with Crippen molar-refractivity contribution in [3.05, 3.63) is 75.5 Å². The van der Waals surface area contributed by atoms with Crippen LogP contribution in [0.25, 0.3) is 5.69 Å². The number of rotatable bonds is 4. The number of ketones is 1. The molecule has 0 aliphatic rings. The predicted octanol–water partition coefficient (Wildman–Crippen LogP) is 4.86.